The monoisotopic (exact) mass is 457 g/mol. The molecule has 0 aliphatic rings. The van der Waals surface area contributed by atoms with E-state index in [0.717, 1.165) is 18.7 Å². The first-order valence-corrected chi connectivity index (χ1v) is 10.9. The minimum Gasteiger partial charge on any atom is -0.388 e. The maximum absolute atomic E-state index is 5.53. The van der Waals surface area contributed by atoms with Crippen LogP contribution in [-0.2, 0) is 26.2 Å². The van der Waals surface area contributed by atoms with Crippen LogP contribution in [-0.4, -0.2) is 30.9 Å². The lowest BCUT2D eigenvalue weighted by molar-refractivity contribution is 0.795. The fourth-order valence-electron chi connectivity index (χ4n) is 3.16. The van der Waals surface area contributed by atoms with Crippen LogP contribution in [0.3, 0.4) is 0 Å². The fraction of sp³-hybridized carbons (Fsp3) is 0.200. The fourth-order valence-corrected chi connectivity index (χ4v) is 3.16. The molecule has 0 radical (unpaired) electrons. The van der Waals surface area contributed by atoms with Gasteiger partial charge in [-0.15, -0.1) is 0 Å². The van der Waals surface area contributed by atoms with Crippen LogP contribution < -0.4 is 17.2 Å². The van der Waals surface area contributed by atoms with Gasteiger partial charge in [-0.05, 0) is 29.2 Å². The minimum atomic E-state index is 0.118. The Hall–Kier alpha value is -4.40. The summed E-state index contributed by atoms with van der Waals surface area (Å²) in [5.41, 5.74) is 20.8. The van der Waals surface area contributed by atoms with Crippen molar-refractivity contribution in [3.8, 4) is 0 Å². The number of nitrogens with zero attached hydrogens (tertiary/aromatic N) is 6. The summed E-state index contributed by atoms with van der Waals surface area (Å²) in [5.74, 6) is 0.734. The highest BCUT2D eigenvalue weighted by molar-refractivity contribution is 5.77. The molecule has 2 heterocycles. The van der Waals surface area contributed by atoms with Crippen molar-refractivity contribution in [3.63, 3.8) is 0 Å². The zero-order valence-corrected chi connectivity index (χ0v) is 19.3. The molecule has 0 saturated carbocycles. The summed E-state index contributed by atoms with van der Waals surface area (Å²) in [6.45, 7) is 4.62. The molecule has 2 aromatic carbocycles. The Bertz CT molecular complexity index is 1170. The molecule has 34 heavy (non-hydrogen) atoms. The SMILES string of the molecule is CC(N)=NCc1cccc(Cn2ccnc2)c1.NC(N)=NCc1ccc(Cn2ccnc2)cc1. The molecule has 4 aromatic rings. The summed E-state index contributed by atoms with van der Waals surface area (Å²) in [5, 5.41) is 0. The van der Waals surface area contributed by atoms with Crippen molar-refractivity contribution in [2.45, 2.75) is 33.1 Å². The van der Waals surface area contributed by atoms with Gasteiger partial charge < -0.3 is 26.3 Å². The Morgan fingerprint density at radius 3 is 1.85 bits per heavy atom. The molecule has 176 valence electrons. The highest BCUT2D eigenvalue weighted by Crippen LogP contribution is 2.09. The number of aliphatic imine (C=N–C) groups is 2. The summed E-state index contributed by atoms with van der Waals surface area (Å²) >= 11 is 0. The van der Waals surface area contributed by atoms with Gasteiger partial charge in [0.2, 0.25) is 0 Å². The van der Waals surface area contributed by atoms with Crippen molar-refractivity contribution >= 4 is 11.8 Å². The number of imidazole rings is 2. The molecule has 4 rings (SSSR count). The van der Waals surface area contributed by atoms with Gasteiger partial charge in [0.05, 0.1) is 31.6 Å². The molecular weight excluding hydrogens is 426 g/mol. The zero-order chi connectivity index (χ0) is 24.2. The number of nitrogens with two attached hydrogens (primary N) is 3. The Morgan fingerprint density at radius 1 is 0.735 bits per heavy atom. The molecule has 9 heteroatoms. The lowest BCUT2D eigenvalue weighted by Crippen LogP contribution is -2.22. The van der Waals surface area contributed by atoms with Crippen molar-refractivity contribution in [2.24, 2.45) is 27.2 Å². The van der Waals surface area contributed by atoms with E-state index in [4.69, 9.17) is 17.2 Å². The van der Waals surface area contributed by atoms with Gasteiger partial charge in [0.1, 0.15) is 0 Å². The van der Waals surface area contributed by atoms with E-state index >= 15 is 0 Å². The largest absolute Gasteiger partial charge is 0.388 e. The molecule has 0 aliphatic carbocycles. The van der Waals surface area contributed by atoms with Gasteiger partial charge >= 0.3 is 0 Å². The maximum atomic E-state index is 5.53. The van der Waals surface area contributed by atoms with E-state index in [1.165, 1.54) is 16.7 Å². The second kappa shape index (κ2) is 12.6. The van der Waals surface area contributed by atoms with Gasteiger partial charge in [-0.25, -0.2) is 15.0 Å². The summed E-state index contributed by atoms with van der Waals surface area (Å²) in [4.78, 5) is 16.2. The third-order valence-electron chi connectivity index (χ3n) is 4.82. The lowest BCUT2D eigenvalue weighted by atomic mass is 10.1. The van der Waals surface area contributed by atoms with Gasteiger partial charge in [-0.2, -0.15) is 0 Å². The second-order valence-electron chi connectivity index (χ2n) is 7.81. The topological polar surface area (TPSA) is 138 Å². The normalized spacial score (nSPS) is 10.9. The molecule has 0 fully saturated rings. The second-order valence-corrected chi connectivity index (χ2v) is 7.81. The molecule has 0 spiro atoms. The van der Waals surface area contributed by atoms with Crippen LogP contribution in [0.15, 0.2) is 96.0 Å². The summed E-state index contributed by atoms with van der Waals surface area (Å²) < 4.78 is 4.06. The highest BCUT2D eigenvalue weighted by Gasteiger charge is 1.98. The molecule has 0 aliphatic heterocycles. The molecule has 0 atom stereocenters. The first-order chi connectivity index (χ1) is 16.5. The number of aromatic nitrogens is 4. The van der Waals surface area contributed by atoms with E-state index in [1.807, 2.05) is 46.1 Å². The Morgan fingerprint density at radius 2 is 1.29 bits per heavy atom. The summed E-state index contributed by atoms with van der Waals surface area (Å²) in [7, 11) is 0. The first-order valence-electron chi connectivity index (χ1n) is 10.9. The van der Waals surface area contributed by atoms with Crippen LogP contribution in [0, 0.1) is 0 Å². The van der Waals surface area contributed by atoms with Crippen LogP contribution in [0.2, 0.25) is 0 Å². The van der Waals surface area contributed by atoms with E-state index in [2.05, 4.69) is 50.3 Å². The number of guanidine groups is 1. The van der Waals surface area contributed by atoms with E-state index in [0.29, 0.717) is 18.9 Å². The lowest BCUT2D eigenvalue weighted by Gasteiger charge is -2.04. The van der Waals surface area contributed by atoms with Crippen LogP contribution in [0.1, 0.15) is 29.2 Å². The molecule has 0 amide bonds. The predicted molar refractivity (Wildman–Crippen MR) is 136 cm³/mol. The quantitative estimate of drug-likeness (QED) is 0.276. The number of amidine groups is 1. The van der Waals surface area contributed by atoms with Gasteiger partial charge in [-0.3, -0.25) is 4.99 Å². The molecular formula is C25H31N9. The van der Waals surface area contributed by atoms with Crippen LogP contribution in [0.5, 0.6) is 0 Å². The molecule has 9 nitrogen and oxygen atoms in total. The van der Waals surface area contributed by atoms with Gasteiger partial charge in [0.15, 0.2) is 5.96 Å². The Kier molecular flexibility index (Phi) is 8.98. The third kappa shape index (κ3) is 8.62. The van der Waals surface area contributed by atoms with Crippen molar-refractivity contribution in [1.82, 2.24) is 19.1 Å². The predicted octanol–water partition coefficient (Wildman–Crippen LogP) is 2.51. The van der Waals surface area contributed by atoms with E-state index < -0.39 is 0 Å². The van der Waals surface area contributed by atoms with Crippen molar-refractivity contribution in [1.29, 1.82) is 0 Å². The molecule has 0 saturated heterocycles. The van der Waals surface area contributed by atoms with Gasteiger partial charge in [0, 0.05) is 37.9 Å². The minimum absolute atomic E-state index is 0.118. The third-order valence-corrected chi connectivity index (χ3v) is 4.82. The zero-order valence-electron chi connectivity index (χ0n) is 19.3. The average molecular weight is 458 g/mol. The highest BCUT2D eigenvalue weighted by atomic mass is 15.0. The number of hydrogen-bond acceptors (Lipinski definition) is 4. The molecule has 0 unspecified atom stereocenters. The van der Waals surface area contributed by atoms with Gasteiger partial charge in [-0.1, -0.05) is 48.5 Å². The molecule has 2 aromatic heterocycles. The van der Waals surface area contributed by atoms with Crippen molar-refractivity contribution in [2.75, 3.05) is 0 Å². The summed E-state index contributed by atoms with van der Waals surface area (Å²) in [6, 6.07) is 16.5. The first kappa shape index (κ1) is 24.2. The Labute approximate surface area is 199 Å². The number of rotatable bonds is 8. The smallest absolute Gasteiger partial charge is 0.186 e. The molecule has 6 N–H and O–H groups in total. The molecule has 0 bridgehead atoms. The Balaban J connectivity index is 0.000000191. The van der Waals surface area contributed by atoms with E-state index in [1.54, 1.807) is 25.6 Å². The number of benzene rings is 2. The van der Waals surface area contributed by atoms with E-state index in [9.17, 15) is 0 Å². The van der Waals surface area contributed by atoms with Crippen LogP contribution >= 0.6 is 0 Å². The van der Waals surface area contributed by atoms with Crippen LogP contribution in [0.4, 0.5) is 0 Å². The van der Waals surface area contributed by atoms with Crippen molar-refractivity contribution < 1.29 is 0 Å². The summed E-state index contributed by atoms with van der Waals surface area (Å²) in [6.07, 6.45) is 11.1. The standard InChI is InChI=1S/C13H16N4.C12H15N5/c1-11(14)16-8-12-3-2-4-13(7-12)9-17-6-5-15-10-17;13-12(14)16-7-10-1-3-11(4-2-10)8-17-6-5-15-9-17/h2-7,10H,8-9H2,1H3,(H2,14,16);1-6,9H,7-8H2,(H4,13,14,16). The number of hydrogen-bond donors (Lipinski definition) is 3. The van der Waals surface area contributed by atoms with Crippen LogP contribution in [0.25, 0.3) is 0 Å². The van der Waals surface area contributed by atoms with Crippen molar-refractivity contribution in [3.05, 3.63) is 108 Å². The van der Waals surface area contributed by atoms with Gasteiger partial charge in [0.25, 0.3) is 0 Å². The maximum Gasteiger partial charge on any atom is 0.186 e. The van der Waals surface area contributed by atoms with E-state index in [-0.39, 0.29) is 5.96 Å². The average Bonchev–Trinajstić information content (AvgIpc) is 3.52.